The summed E-state index contributed by atoms with van der Waals surface area (Å²) < 4.78 is 41.4. The quantitative estimate of drug-likeness (QED) is 0.394. The molecular formula is C21H16FN3O3S3. The summed E-state index contributed by atoms with van der Waals surface area (Å²) in [6.45, 7) is 1.75. The molecule has 4 rings (SSSR count). The van der Waals surface area contributed by atoms with Gasteiger partial charge in [0.15, 0.2) is 0 Å². The fraction of sp³-hybridized carbons (Fsp3) is 0.0476. The molecule has 0 aliphatic carbocycles. The van der Waals surface area contributed by atoms with Crippen molar-refractivity contribution in [3.8, 4) is 10.6 Å². The van der Waals surface area contributed by atoms with Gasteiger partial charge in [0.2, 0.25) is 0 Å². The highest BCUT2D eigenvalue weighted by molar-refractivity contribution is 7.92. The first-order valence-corrected chi connectivity index (χ1v) is 12.3. The molecule has 0 saturated carbocycles. The fourth-order valence-electron chi connectivity index (χ4n) is 2.79. The Balaban J connectivity index is 1.55. The van der Waals surface area contributed by atoms with Crippen LogP contribution in [-0.2, 0) is 10.0 Å². The minimum Gasteiger partial charge on any atom is -0.321 e. The van der Waals surface area contributed by atoms with E-state index in [1.165, 1.54) is 47.7 Å². The predicted molar refractivity (Wildman–Crippen MR) is 122 cm³/mol. The number of hydrogen-bond acceptors (Lipinski definition) is 6. The molecule has 31 heavy (non-hydrogen) atoms. The van der Waals surface area contributed by atoms with Crippen LogP contribution < -0.4 is 10.0 Å². The molecule has 0 unspecified atom stereocenters. The highest BCUT2D eigenvalue weighted by atomic mass is 32.2. The Morgan fingerprint density at radius 1 is 1.10 bits per heavy atom. The summed E-state index contributed by atoms with van der Waals surface area (Å²) in [6.07, 6.45) is 0. The molecular weight excluding hydrogens is 457 g/mol. The lowest BCUT2D eigenvalue weighted by Crippen LogP contribution is -2.15. The van der Waals surface area contributed by atoms with E-state index < -0.39 is 15.8 Å². The van der Waals surface area contributed by atoms with Crippen LogP contribution in [0.3, 0.4) is 0 Å². The number of carbonyl (C=O) groups is 1. The lowest BCUT2D eigenvalue weighted by Gasteiger charge is -2.10. The van der Waals surface area contributed by atoms with Gasteiger partial charge in [-0.25, -0.2) is 17.8 Å². The van der Waals surface area contributed by atoms with Crippen LogP contribution in [0.15, 0.2) is 70.3 Å². The zero-order valence-corrected chi connectivity index (χ0v) is 18.6. The van der Waals surface area contributed by atoms with E-state index in [0.29, 0.717) is 16.3 Å². The van der Waals surface area contributed by atoms with Gasteiger partial charge in [-0.3, -0.25) is 9.52 Å². The fourth-order valence-corrected chi connectivity index (χ4v) is 5.58. The highest BCUT2D eigenvalue weighted by Crippen LogP contribution is 2.30. The maximum Gasteiger partial charge on any atom is 0.267 e. The smallest absolute Gasteiger partial charge is 0.267 e. The number of para-hydroxylation sites is 1. The van der Waals surface area contributed by atoms with Crippen molar-refractivity contribution in [2.24, 2.45) is 0 Å². The van der Waals surface area contributed by atoms with Crippen molar-refractivity contribution >= 4 is 50.0 Å². The first-order valence-electron chi connectivity index (χ1n) is 9.02. The maximum atomic E-state index is 13.8. The van der Waals surface area contributed by atoms with Crippen molar-refractivity contribution in [2.45, 2.75) is 11.8 Å². The number of aromatic nitrogens is 1. The Bertz CT molecular complexity index is 1350. The van der Waals surface area contributed by atoms with Crippen LogP contribution in [0.5, 0.6) is 0 Å². The van der Waals surface area contributed by atoms with Crippen molar-refractivity contribution < 1.29 is 17.6 Å². The second-order valence-electron chi connectivity index (χ2n) is 6.51. The van der Waals surface area contributed by atoms with Gasteiger partial charge in [0.25, 0.3) is 15.9 Å². The molecule has 2 aromatic carbocycles. The third-order valence-corrected chi connectivity index (χ3v) is 7.54. The third-order valence-electron chi connectivity index (χ3n) is 4.29. The van der Waals surface area contributed by atoms with Crippen molar-refractivity contribution in [1.82, 2.24) is 4.98 Å². The van der Waals surface area contributed by atoms with E-state index >= 15 is 0 Å². The van der Waals surface area contributed by atoms with Gasteiger partial charge in [0.1, 0.15) is 15.7 Å². The number of aryl methyl sites for hydroxylation is 1. The molecule has 158 valence electrons. The Hall–Kier alpha value is -3.08. The van der Waals surface area contributed by atoms with E-state index in [0.717, 1.165) is 16.6 Å². The molecule has 0 spiro atoms. The summed E-state index contributed by atoms with van der Waals surface area (Å²) in [5.41, 5.74) is 1.68. The van der Waals surface area contributed by atoms with E-state index in [9.17, 15) is 17.6 Å². The van der Waals surface area contributed by atoms with Gasteiger partial charge >= 0.3 is 0 Å². The number of benzene rings is 2. The third kappa shape index (κ3) is 4.66. The Kier molecular flexibility index (Phi) is 5.86. The molecule has 0 aliphatic heterocycles. The molecule has 0 fully saturated rings. The lowest BCUT2D eigenvalue weighted by molar-refractivity contribution is 0.102. The minimum atomic E-state index is -4.04. The predicted octanol–water partition coefficient (Wildman–Crippen LogP) is 5.37. The number of nitrogens with zero attached hydrogens (tertiary/aromatic N) is 1. The van der Waals surface area contributed by atoms with E-state index in [4.69, 9.17) is 0 Å². The molecule has 0 saturated heterocycles. The van der Waals surface area contributed by atoms with Gasteiger partial charge in [0, 0.05) is 16.6 Å². The number of sulfonamides is 1. The number of halogens is 1. The lowest BCUT2D eigenvalue weighted by atomic mass is 10.3. The number of amides is 1. The SMILES string of the molecule is Cc1nc(-c2ccsc2)sc1C(=O)Nc1cccc(S(=O)(=O)Nc2ccccc2F)c1. The second-order valence-corrected chi connectivity index (χ2v) is 9.97. The topological polar surface area (TPSA) is 88.2 Å². The minimum absolute atomic E-state index is 0.103. The molecule has 6 nitrogen and oxygen atoms in total. The number of anilines is 2. The molecule has 0 bridgehead atoms. The number of thiazole rings is 1. The van der Waals surface area contributed by atoms with Crippen LogP contribution >= 0.6 is 22.7 Å². The van der Waals surface area contributed by atoms with Crippen LogP contribution in [0.25, 0.3) is 10.6 Å². The summed E-state index contributed by atoms with van der Waals surface area (Å²) in [5.74, 6) is -1.06. The normalized spacial score (nSPS) is 11.3. The summed E-state index contributed by atoms with van der Waals surface area (Å²) in [6, 6.07) is 13.2. The zero-order valence-electron chi connectivity index (χ0n) is 16.1. The average Bonchev–Trinajstić information content (AvgIpc) is 3.39. The second kappa shape index (κ2) is 8.58. The van der Waals surface area contributed by atoms with Crippen LogP contribution in [0.1, 0.15) is 15.4 Å². The van der Waals surface area contributed by atoms with Crippen molar-refractivity contribution in [1.29, 1.82) is 0 Å². The van der Waals surface area contributed by atoms with Gasteiger partial charge in [-0.1, -0.05) is 18.2 Å². The van der Waals surface area contributed by atoms with E-state index in [1.807, 2.05) is 16.8 Å². The monoisotopic (exact) mass is 473 g/mol. The molecule has 0 atom stereocenters. The Morgan fingerprint density at radius 3 is 2.65 bits per heavy atom. The highest BCUT2D eigenvalue weighted by Gasteiger charge is 2.19. The summed E-state index contributed by atoms with van der Waals surface area (Å²) in [5, 5.41) is 7.35. The molecule has 2 N–H and O–H groups in total. The Labute approximate surface area is 186 Å². The van der Waals surface area contributed by atoms with Gasteiger partial charge < -0.3 is 5.32 Å². The summed E-state index contributed by atoms with van der Waals surface area (Å²) in [4.78, 5) is 17.6. The first-order chi connectivity index (χ1) is 14.8. The van der Waals surface area contributed by atoms with Crippen LogP contribution in [0, 0.1) is 12.7 Å². The Morgan fingerprint density at radius 2 is 1.90 bits per heavy atom. The maximum absolute atomic E-state index is 13.8. The van der Waals surface area contributed by atoms with Gasteiger partial charge in [0.05, 0.1) is 16.3 Å². The van der Waals surface area contributed by atoms with Crippen LogP contribution in [-0.4, -0.2) is 19.3 Å². The molecule has 2 aromatic heterocycles. The number of nitrogens with one attached hydrogen (secondary N) is 2. The van der Waals surface area contributed by atoms with Crippen LogP contribution in [0.4, 0.5) is 15.8 Å². The molecule has 10 heteroatoms. The zero-order chi connectivity index (χ0) is 22.0. The summed E-state index contributed by atoms with van der Waals surface area (Å²) in [7, 11) is -4.04. The van der Waals surface area contributed by atoms with E-state index in [2.05, 4.69) is 15.0 Å². The summed E-state index contributed by atoms with van der Waals surface area (Å²) >= 11 is 2.81. The van der Waals surface area contributed by atoms with Crippen LogP contribution in [0.2, 0.25) is 0 Å². The number of carbonyl (C=O) groups excluding carboxylic acids is 1. The largest absolute Gasteiger partial charge is 0.321 e. The van der Waals surface area contributed by atoms with Crippen molar-refractivity contribution in [3.05, 3.63) is 81.7 Å². The average molecular weight is 474 g/mol. The standard InChI is InChI=1S/C21H16FN3O3S3/c1-13-19(30-21(23-13)14-9-10-29-12-14)20(26)24-15-5-4-6-16(11-15)31(27,28)25-18-8-3-2-7-17(18)22/h2-12,25H,1H3,(H,24,26). The number of rotatable bonds is 6. The van der Waals surface area contributed by atoms with E-state index in [1.54, 1.807) is 24.3 Å². The molecule has 1 amide bonds. The number of hydrogen-bond donors (Lipinski definition) is 2. The van der Waals surface area contributed by atoms with Gasteiger partial charge in [-0.2, -0.15) is 11.3 Å². The molecule has 4 aromatic rings. The van der Waals surface area contributed by atoms with Gasteiger partial charge in [-0.15, -0.1) is 11.3 Å². The van der Waals surface area contributed by atoms with Crippen molar-refractivity contribution in [3.63, 3.8) is 0 Å². The molecule has 0 radical (unpaired) electrons. The molecule has 0 aliphatic rings. The van der Waals surface area contributed by atoms with Gasteiger partial charge in [-0.05, 0) is 48.7 Å². The van der Waals surface area contributed by atoms with E-state index in [-0.39, 0.29) is 16.5 Å². The number of thiophene rings is 1. The van der Waals surface area contributed by atoms with Crippen molar-refractivity contribution in [2.75, 3.05) is 10.0 Å². The molecule has 2 heterocycles. The first kappa shape index (κ1) is 21.2.